The lowest BCUT2D eigenvalue weighted by atomic mass is 10.1. The monoisotopic (exact) mass is 501 g/mol. The van der Waals surface area contributed by atoms with Crippen molar-refractivity contribution in [2.24, 2.45) is 4.99 Å². The van der Waals surface area contributed by atoms with Gasteiger partial charge in [-0.05, 0) is 58.1 Å². The lowest BCUT2D eigenvalue weighted by Gasteiger charge is -2.19. The molecule has 0 unspecified atom stereocenters. The van der Waals surface area contributed by atoms with E-state index in [9.17, 15) is 0 Å². The summed E-state index contributed by atoms with van der Waals surface area (Å²) in [7, 11) is 3.02. The fourth-order valence-corrected chi connectivity index (χ4v) is 2.32. The third-order valence-electron chi connectivity index (χ3n) is 3.81. The zero-order valence-corrected chi connectivity index (χ0v) is 23.6. The number of allylic oxidation sites excluding steroid dienone is 3. The van der Waals surface area contributed by atoms with Crippen LogP contribution in [0, 0.1) is 0 Å². The third kappa shape index (κ3) is 14.9. The number of halogens is 1. The van der Waals surface area contributed by atoms with E-state index in [1.807, 2.05) is 85.1 Å². The normalized spacial score (nSPS) is 13.5. The van der Waals surface area contributed by atoms with Crippen LogP contribution in [0.3, 0.4) is 0 Å². The summed E-state index contributed by atoms with van der Waals surface area (Å²) in [6.07, 6.45) is 6.50. The van der Waals surface area contributed by atoms with Gasteiger partial charge in [-0.15, -0.1) is 6.58 Å². The Morgan fingerprint density at radius 2 is 1.76 bits per heavy atom. The van der Waals surface area contributed by atoms with Gasteiger partial charge in [-0.3, -0.25) is 0 Å². The predicted octanol–water partition coefficient (Wildman–Crippen LogP) is 6.55. The molecule has 2 rings (SSSR count). The Kier molecular flexibility index (Phi) is 27.1. The number of benzene rings is 1. The van der Waals surface area contributed by atoms with E-state index in [2.05, 4.69) is 30.6 Å². The van der Waals surface area contributed by atoms with Gasteiger partial charge in [0.25, 0.3) is 0 Å². The highest BCUT2D eigenvalue weighted by Crippen LogP contribution is 2.32. The zero-order chi connectivity index (χ0) is 26.2. The summed E-state index contributed by atoms with van der Waals surface area (Å²) in [6, 6.07) is 5.61. The highest BCUT2D eigenvalue weighted by atomic mass is 35.5. The van der Waals surface area contributed by atoms with E-state index in [1.165, 1.54) is 0 Å². The second-order valence-corrected chi connectivity index (χ2v) is 6.40. The first-order valence-corrected chi connectivity index (χ1v) is 12.6. The molecule has 0 fully saturated rings. The summed E-state index contributed by atoms with van der Waals surface area (Å²) in [4.78, 5) is 21.2. The maximum absolute atomic E-state index is 7.15. The number of hydrogen-bond acceptors (Lipinski definition) is 6. The molecule has 0 aromatic heterocycles. The number of hydrogen-bond donors (Lipinski definition) is 3. The van der Waals surface area contributed by atoms with Crippen LogP contribution in [-0.4, -0.2) is 47.7 Å². The SMILES string of the molecule is C=CCC=C1Oc2ccc(Cl)cc2C(N(C)CC)=N/C1=C/C.CC.CC.CCNC.OPO. The van der Waals surface area contributed by atoms with Crippen molar-refractivity contribution in [2.45, 2.75) is 54.9 Å². The van der Waals surface area contributed by atoms with E-state index in [-0.39, 0.29) is 0 Å². The van der Waals surface area contributed by atoms with Gasteiger partial charge >= 0.3 is 0 Å². The Hall–Kier alpha value is -1.69. The molecule has 3 N–H and O–H groups in total. The van der Waals surface area contributed by atoms with Crippen LogP contribution in [0.4, 0.5) is 0 Å². The van der Waals surface area contributed by atoms with Crippen molar-refractivity contribution >= 4 is 26.5 Å². The number of ether oxygens (including phenoxy) is 1. The first-order chi connectivity index (χ1) is 15.9. The summed E-state index contributed by atoms with van der Waals surface area (Å²) < 4.78 is 6.09. The van der Waals surface area contributed by atoms with Crippen LogP contribution in [-0.2, 0) is 0 Å². The van der Waals surface area contributed by atoms with Crippen LogP contribution in [0.2, 0.25) is 5.02 Å². The fraction of sp³-hybridized carbons (Fsp3) is 0.480. The van der Waals surface area contributed by atoms with Gasteiger partial charge in [0, 0.05) is 18.6 Å². The Morgan fingerprint density at radius 1 is 1.21 bits per heavy atom. The first-order valence-electron chi connectivity index (χ1n) is 11.4. The first kappa shape index (κ1) is 35.9. The summed E-state index contributed by atoms with van der Waals surface area (Å²) in [6.45, 7) is 19.8. The molecule has 1 aromatic rings. The highest BCUT2D eigenvalue weighted by molar-refractivity contribution is 7.23. The second-order valence-electron chi connectivity index (χ2n) is 5.77. The van der Waals surface area contributed by atoms with Gasteiger partial charge in [-0.25, -0.2) is 4.99 Å². The summed E-state index contributed by atoms with van der Waals surface area (Å²) >= 11 is 6.16. The average Bonchev–Trinajstić information content (AvgIpc) is 3.01. The summed E-state index contributed by atoms with van der Waals surface area (Å²) in [5.74, 6) is 2.36. The number of aliphatic imine (C=N–C) groups is 1. The fourth-order valence-electron chi connectivity index (χ4n) is 2.15. The topological polar surface area (TPSA) is 77.3 Å². The van der Waals surface area contributed by atoms with Crippen molar-refractivity contribution in [1.82, 2.24) is 10.2 Å². The lowest BCUT2D eigenvalue weighted by Crippen LogP contribution is -2.27. The van der Waals surface area contributed by atoms with Gasteiger partial charge < -0.3 is 24.7 Å². The van der Waals surface area contributed by atoms with E-state index in [0.29, 0.717) is 5.02 Å². The van der Waals surface area contributed by atoms with E-state index < -0.39 is 9.03 Å². The number of nitrogens with zero attached hydrogens (tertiary/aromatic N) is 2. The maximum Gasteiger partial charge on any atom is 0.149 e. The molecule has 0 bridgehead atoms. The second kappa shape index (κ2) is 24.9. The molecule has 1 heterocycles. The van der Waals surface area contributed by atoms with Gasteiger partial charge in [0.2, 0.25) is 0 Å². The molecule has 0 aliphatic carbocycles. The van der Waals surface area contributed by atoms with Gasteiger partial charge in [-0.1, -0.05) is 58.4 Å². The van der Waals surface area contributed by atoms with Crippen LogP contribution in [0.25, 0.3) is 0 Å². The predicted molar refractivity (Wildman–Crippen MR) is 149 cm³/mol. The molecular weight excluding hydrogens is 457 g/mol. The molecular formula is C25H45ClN3O3P. The quantitative estimate of drug-likeness (QED) is 0.322. The van der Waals surface area contributed by atoms with Crippen LogP contribution in [0.15, 0.2) is 59.5 Å². The standard InChI is InChI=1S/C18H21ClN2O.C3H9N.2C2H6.H3O2P/c1-5-8-9-17-15(6-2)20-18(21(4)7-3)14-12-13(19)10-11-16(14)22-17;1-3-4-2;2*1-2;1-3-2/h5-6,9-12H,1,7-8H2,2-4H3;4H,3H2,1-2H3;2*1-2H3;1-3H/b15-6+,17-9?;;;;. The van der Waals surface area contributed by atoms with Crippen molar-refractivity contribution in [3.05, 3.63) is 65.0 Å². The van der Waals surface area contributed by atoms with E-state index >= 15 is 0 Å². The van der Waals surface area contributed by atoms with Crippen LogP contribution < -0.4 is 10.1 Å². The molecule has 0 radical (unpaired) electrons. The minimum atomic E-state index is -0.917. The van der Waals surface area contributed by atoms with E-state index in [0.717, 1.165) is 48.1 Å². The third-order valence-corrected chi connectivity index (χ3v) is 4.05. The minimum Gasteiger partial charge on any atom is -0.455 e. The Balaban J connectivity index is -0.000000698. The summed E-state index contributed by atoms with van der Waals surface area (Å²) in [5.41, 5.74) is 1.71. The number of rotatable bonds is 4. The molecule has 1 aliphatic rings. The lowest BCUT2D eigenvalue weighted by molar-refractivity contribution is 0.434. The summed E-state index contributed by atoms with van der Waals surface area (Å²) in [5, 5.41) is 3.60. The highest BCUT2D eigenvalue weighted by Gasteiger charge is 2.21. The Bertz CT molecular complexity index is 721. The van der Waals surface area contributed by atoms with E-state index in [1.54, 1.807) is 0 Å². The van der Waals surface area contributed by atoms with Gasteiger partial charge in [0.1, 0.15) is 32.1 Å². The molecule has 1 aromatic carbocycles. The van der Waals surface area contributed by atoms with E-state index in [4.69, 9.17) is 31.1 Å². The van der Waals surface area contributed by atoms with Crippen LogP contribution >= 0.6 is 20.6 Å². The molecule has 0 saturated heterocycles. The largest absolute Gasteiger partial charge is 0.455 e. The van der Waals surface area contributed by atoms with Crippen molar-refractivity contribution < 1.29 is 14.5 Å². The molecule has 0 atom stereocenters. The van der Waals surface area contributed by atoms with Crippen LogP contribution in [0.5, 0.6) is 5.75 Å². The molecule has 1 aliphatic heterocycles. The van der Waals surface area contributed by atoms with Gasteiger partial charge in [0.15, 0.2) is 0 Å². The smallest absolute Gasteiger partial charge is 0.149 e. The van der Waals surface area contributed by atoms with Crippen molar-refractivity contribution in [3.8, 4) is 5.75 Å². The van der Waals surface area contributed by atoms with Crippen molar-refractivity contribution in [3.63, 3.8) is 0 Å². The number of nitrogens with one attached hydrogen (secondary N) is 1. The number of amidine groups is 1. The van der Waals surface area contributed by atoms with Crippen molar-refractivity contribution in [1.29, 1.82) is 0 Å². The average molecular weight is 502 g/mol. The number of fused-ring (bicyclic) bond motifs is 1. The Morgan fingerprint density at radius 3 is 2.18 bits per heavy atom. The molecule has 0 saturated carbocycles. The molecule has 190 valence electrons. The van der Waals surface area contributed by atoms with Crippen molar-refractivity contribution in [2.75, 3.05) is 27.2 Å². The molecule has 8 heteroatoms. The van der Waals surface area contributed by atoms with Gasteiger partial charge in [-0.2, -0.15) is 0 Å². The molecule has 0 amide bonds. The maximum atomic E-state index is 7.15. The molecule has 0 spiro atoms. The molecule has 6 nitrogen and oxygen atoms in total. The zero-order valence-electron chi connectivity index (χ0n) is 21.9. The minimum absolute atomic E-state index is 0.667. The van der Waals surface area contributed by atoms with Crippen LogP contribution in [0.1, 0.15) is 60.5 Å². The Labute approximate surface area is 209 Å². The van der Waals surface area contributed by atoms with Gasteiger partial charge in [0.05, 0.1) is 5.56 Å². The molecule has 33 heavy (non-hydrogen) atoms.